The Morgan fingerprint density at radius 3 is 2.62 bits per heavy atom. The van der Waals surface area contributed by atoms with Gasteiger partial charge in [-0.25, -0.2) is 0 Å². The molecule has 2 aromatic heterocycles. The van der Waals surface area contributed by atoms with Gasteiger partial charge < -0.3 is 5.32 Å². The quantitative estimate of drug-likeness (QED) is 0.547. The van der Waals surface area contributed by atoms with Crippen LogP contribution in [-0.4, -0.2) is 15.7 Å². The van der Waals surface area contributed by atoms with Gasteiger partial charge in [0.15, 0.2) is 0 Å². The Hall–Kier alpha value is -2.63. The Bertz CT molecular complexity index is 1070. The minimum Gasteiger partial charge on any atom is -0.347 e. The Morgan fingerprint density at radius 1 is 1.15 bits per heavy atom. The van der Waals surface area contributed by atoms with Gasteiger partial charge in [-0.1, -0.05) is 54.1 Å². The maximum Gasteiger partial charge on any atom is 0.261 e. The van der Waals surface area contributed by atoms with E-state index in [2.05, 4.69) is 10.4 Å². The van der Waals surface area contributed by atoms with Gasteiger partial charge in [-0.2, -0.15) is 5.10 Å². The Labute approximate surface area is 160 Å². The number of halogens is 1. The topological polar surface area (TPSA) is 46.9 Å². The molecule has 2 aromatic carbocycles. The summed E-state index contributed by atoms with van der Waals surface area (Å²) in [5, 5.41) is 9.24. The lowest BCUT2D eigenvalue weighted by atomic mass is 10.1. The molecule has 0 spiro atoms. The van der Waals surface area contributed by atoms with Crippen LogP contribution in [0.5, 0.6) is 0 Å². The van der Waals surface area contributed by atoms with Crippen LogP contribution in [0.1, 0.15) is 15.2 Å². The van der Waals surface area contributed by atoms with Crippen molar-refractivity contribution in [2.24, 2.45) is 7.05 Å². The maximum atomic E-state index is 12.5. The molecule has 26 heavy (non-hydrogen) atoms. The standard InChI is InChI=1S/C20H16ClN3OS/c1-24-20-16(18(23-24)14-7-9-15(21)10-8-14)11-17(26-20)19(25)22-12-13-5-3-2-4-6-13/h2-11H,12H2,1H3,(H,22,25). The molecule has 4 rings (SSSR count). The van der Waals surface area contributed by atoms with E-state index in [0.29, 0.717) is 16.4 Å². The van der Waals surface area contributed by atoms with E-state index in [4.69, 9.17) is 11.6 Å². The van der Waals surface area contributed by atoms with Crippen molar-refractivity contribution in [2.45, 2.75) is 6.54 Å². The van der Waals surface area contributed by atoms with Crippen LogP contribution in [0.4, 0.5) is 0 Å². The largest absolute Gasteiger partial charge is 0.347 e. The van der Waals surface area contributed by atoms with Crippen LogP contribution in [0, 0.1) is 0 Å². The second-order valence-corrected chi connectivity index (χ2v) is 7.44. The van der Waals surface area contributed by atoms with Gasteiger partial charge in [0.05, 0.1) is 4.88 Å². The predicted molar refractivity (Wildman–Crippen MR) is 107 cm³/mol. The number of aryl methyl sites for hydroxylation is 1. The van der Waals surface area contributed by atoms with Crippen LogP contribution in [0.3, 0.4) is 0 Å². The predicted octanol–water partition coefficient (Wildman–Crippen LogP) is 4.89. The first-order valence-corrected chi connectivity index (χ1v) is 9.36. The molecule has 0 aliphatic carbocycles. The third-order valence-corrected chi connectivity index (χ3v) is 5.60. The van der Waals surface area contributed by atoms with Crippen molar-refractivity contribution in [2.75, 3.05) is 0 Å². The number of amides is 1. The molecule has 1 amide bonds. The second-order valence-electron chi connectivity index (χ2n) is 5.98. The zero-order valence-electron chi connectivity index (χ0n) is 14.1. The number of benzene rings is 2. The molecule has 0 saturated carbocycles. The summed E-state index contributed by atoms with van der Waals surface area (Å²) >= 11 is 7.43. The lowest BCUT2D eigenvalue weighted by Gasteiger charge is -2.03. The molecule has 6 heteroatoms. The van der Waals surface area contributed by atoms with E-state index in [0.717, 1.165) is 27.0 Å². The lowest BCUT2D eigenvalue weighted by molar-refractivity contribution is 0.0955. The molecule has 4 nitrogen and oxygen atoms in total. The van der Waals surface area contributed by atoms with Crippen molar-refractivity contribution >= 4 is 39.1 Å². The van der Waals surface area contributed by atoms with Gasteiger partial charge in [-0.15, -0.1) is 11.3 Å². The van der Waals surface area contributed by atoms with Crippen LogP contribution < -0.4 is 5.32 Å². The molecule has 0 aliphatic heterocycles. The van der Waals surface area contributed by atoms with Gasteiger partial charge in [0.1, 0.15) is 10.5 Å². The fourth-order valence-corrected chi connectivity index (χ4v) is 3.95. The highest BCUT2D eigenvalue weighted by atomic mass is 35.5. The molecule has 130 valence electrons. The molecule has 0 radical (unpaired) electrons. The molecular weight excluding hydrogens is 366 g/mol. The smallest absolute Gasteiger partial charge is 0.261 e. The van der Waals surface area contributed by atoms with Gasteiger partial charge in [0.25, 0.3) is 5.91 Å². The highest BCUT2D eigenvalue weighted by Crippen LogP contribution is 2.34. The number of aromatic nitrogens is 2. The van der Waals surface area contributed by atoms with Gasteiger partial charge in [-0.05, 0) is 23.8 Å². The Balaban J connectivity index is 1.62. The fourth-order valence-electron chi connectivity index (χ4n) is 2.84. The Morgan fingerprint density at radius 2 is 1.88 bits per heavy atom. The second kappa shape index (κ2) is 6.94. The SMILES string of the molecule is Cn1nc(-c2ccc(Cl)cc2)c2cc(C(=O)NCc3ccccc3)sc21. The number of carbonyl (C=O) groups excluding carboxylic acids is 1. The Kier molecular flexibility index (Phi) is 4.49. The van der Waals surface area contributed by atoms with Crippen LogP contribution >= 0.6 is 22.9 Å². The van der Waals surface area contributed by atoms with E-state index in [1.807, 2.05) is 72.4 Å². The number of thiophene rings is 1. The normalized spacial score (nSPS) is 11.0. The third-order valence-electron chi connectivity index (χ3n) is 4.15. The van der Waals surface area contributed by atoms with E-state index >= 15 is 0 Å². The summed E-state index contributed by atoms with van der Waals surface area (Å²) in [7, 11) is 1.89. The number of nitrogens with zero attached hydrogens (tertiary/aromatic N) is 2. The van der Waals surface area contributed by atoms with Gasteiger partial charge in [-0.3, -0.25) is 9.48 Å². The van der Waals surface area contributed by atoms with Crippen LogP contribution in [0.25, 0.3) is 21.5 Å². The fraction of sp³-hybridized carbons (Fsp3) is 0.100. The van der Waals surface area contributed by atoms with Gasteiger partial charge >= 0.3 is 0 Å². The molecule has 0 fully saturated rings. The van der Waals surface area contributed by atoms with Gasteiger partial charge in [0.2, 0.25) is 0 Å². The van der Waals surface area contributed by atoms with Crippen LogP contribution in [0.15, 0.2) is 60.7 Å². The zero-order chi connectivity index (χ0) is 18.1. The summed E-state index contributed by atoms with van der Waals surface area (Å²) < 4.78 is 1.82. The van der Waals surface area contributed by atoms with Crippen LogP contribution in [-0.2, 0) is 13.6 Å². The van der Waals surface area contributed by atoms with E-state index in [-0.39, 0.29) is 5.91 Å². The number of nitrogens with one attached hydrogen (secondary N) is 1. The first-order chi connectivity index (χ1) is 12.6. The summed E-state index contributed by atoms with van der Waals surface area (Å²) in [5.41, 5.74) is 2.91. The van der Waals surface area contributed by atoms with Crippen molar-refractivity contribution < 1.29 is 4.79 Å². The average molecular weight is 382 g/mol. The number of hydrogen-bond acceptors (Lipinski definition) is 3. The number of rotatable bonds is 4. The summed E-state index contributed by atoms with van der Waals surface area (Å²) in [4.78, 5) is 14.2. The van der Waals surface area contributed by atoms with Crippen molar-refractivity contribution in [1.29, 1.82) is 0 Å². The summed E-state index contributed by atoms with van der Waals surface area (Å²) in [5.74, 6) is -0.0721. The van der Waals surface area contributed by atoms with E-state index in [1.54, 1.807) is 0 Å². The van der Waals surface area contributed by atoms with Crippen molar-refractivity contribution in [3.8, 4) is 11.3 Å². The molecule has 0 bridgehead atoms. The molecule has 0 unspecified atom stereocenters. The molecule has 2 heterocycles. The summed E-state index contributed by atoms with van der Waals surface area (Å²) in [6.45, 7) is 0.510. The summed E-state index contributed by atoms with van der Waals surface area (Å²) in [6.07, 6.45) is 0. The number of carbonyl (C=O) groups is 1. The monoisotopic (exact) mass is 381 g/mol. The average Bonchev–Trinajstić information content (AvgIpc) is 3.22. The van der Waals surface area contributed by atoms with E-state index < -0.39 is 0 Å². The minimum atomic E-state index is -0.0721. The van der Waals surface area contributed by atoms with Crippen molar-refractivity contribution in [1.82, 2.24) is 15.1 Å². The molecule has 4 aromatic rings. The van der Waals surface area contributed by atoms with Crippen molar-refractivity contribution in [3.05, 3.63) is 76.1 Å². The maximum absolute atomic E-state index is 12.5. The molecule has 0 saturated heterocycles. The minimum absolute atomic E-state index is 0.0721. The van der Waals surface area contributed by atoms with E-state index in [1.165, 1.54) is 11.3 Å². The zero-order valence-corrected chi connectivity index (χ0v) is 15.6. The lowest BCUT2D eigenvalue weighted by Crippen LogP contribution is -2.21. The molecule has 0 aliphatic rings. The third kappa shape index (κ3) is 3.23. The van der Waals surface area contributed by atoms with Gasteiger partial charge in [0, 0.05) is 29.6 Å². The van der Waals surface area contributed by atoms with E-state index in [9.17, 15) is 4.79 Å². The molecular formula is C20H16ClN3OS. The summed E-state index contributed by atoms with van der Waals surface area (Å²) in [6, 6.07) is 19.4. The first-order valence-electron chi connectivity index (χ1n) is 8.16. The highest BCUT2D eigenvalue weighted by Gasteiger charge is 2.17. The first kappa shape index (κ1) is 16.8. The molecule has 0 atom stereocenters. The molecule has 1 N–H and O–H groups in total. The number of fused-ring (bicyclic) bond motifs is 1. The highest BCUT2D eigenvalue weighted by molar-refractivity contribution is 7.20. The number of hydrogen-bond donors (Lipinski definition) is 1. The van der Waals surface area contributed by atoms with Crippen molar-refractivity contribution in [3.63, 3.8) is 0 Å². The van der Waals surface area contributed by atoms with Crippen LogP contribution in [0.2, 0.25) is 5.02 Å².